The molecule has 0 spiro atoms. The number of hydrogen-bond acceptors (Lipinski definition) is 3. The molecule has 4 heteroatoms. The third-order valence-corrected chi connectivity index (χ3v) is 1.96. The smallest absolute Gasteiger partial charge is 0.147 e. The number of hydrogen-bond donors (Lipinski definition) is 1. The van der Waals surface area contributed by atoms with Crippen LogP contribution < -0.4 is 10.6 Å². The van der Waals surface area contributed by atoms with Gasteiger partial charge in [0, 0.05) is 25.8 Å². The van der Waals surface area contributed by atoms with Gasteiger partial charge in [-0.1, -0.05) is 11.6 Å². The van der Waals surface area contributed by atoms with Crippen molar-refractivity contribution in [2.45, 2.75) is 13.0 Å². The third-order valence-electron chi connectivity index (χ3n) is 1.66. The highest BCUT2D eigenvalue weighted by Crippen LogP contribution is 2.20. The van der Waals surface area contributed by atoms with E-state index >= 15 is 0 Å². The molecular weight excluding hydrogens is 186 g/mol. The monoisotopic (exact) mass is 199 g/mol. The first-order valence-corrected chi connectivity index (χ1v) is 4.56. The van der Waals surface area contributed by atoms with Crippen molar-refractivity contribution >= 4 is 17.4 Å². The summed E-state index contributed by atoms with van der Waals surface area (Å²) in [5.74, 6) is 0.779. The van der Waals surface area contributed by atoms with E-state index in [1.165, 1.54) is 0 Å². The number of nitrogens with zero attached hydrogens (tertiary/aromatic N) is 2. The lowest BCUT2D eigenvalue weighted by molar-refractivity contribution is 0.712. The van der Waals surface area contributed by atoms with E-state index < -0.39 is 0 Å². The van der Waals surface area contributed by atoms with Crippen LogP contribution in [0.2, 0.25) is 5.02 Å². The normalized spacial score (nSPS) is 12.6. The van der Waals surface area contributed by atoms with Crippen LogP contribution in [0.15, 0.2) is 18.3 Å². The van der Waals surface area contributed by atoms with Gasteiger partial charge in [-0.25, -0.2) is 4.98 Å². The number of likely N-dealkylation sites (N-methyl/N-ethyl adjacent to an activating group) is 1. The van der Waals surface area contributed by atoms with Crippen LogP contribution in [0.4, 0.5) is 5.82 Å². The summed E-state index contributed by atoms with van der Waals surface area (Å²) in [4.78, 5) is 6.12. The number of pyridine rings is 1. The van der Waals surface area contributed by atoms with Crippen LogP contribution >= 0.6 is 11.6 Å². The topological polar surface area (TPSA) is 42.1 Å². The fourth-order valence-corrected chi connectivity index (χ4v) is 1.44. The van der Waals surface area contributed by atoms with Crippen molar-refractivity contribution in [1.29, 1.82) is 0 Å². The molecule has 72 valence electrons. The van der Waals surface area contributed by atoms with Gasteiger partial charge in [0.25, 0.3) is 0 Å². The quantitative estimate of drug-likeness (QED) is 0.803. The van der Waals surface area contributed by atoms with E-state index in [-0.39, 0.29) is 6.04 Å². The SMILES string of the molecule is CC(N)CN(C)c1ncccc1Cl. The van der Waals surface area contributed by atoms with Gasteiger partial charge in [-0.3, -0.25) is 0 Å². The molecule has 1 heterocycles. The standard InChI is InChI=1S/C9H14ClN3/c1-7(11)6-13(2)9-8(10)4-3-5-12-9/h3-5,7H,6,11H2,1-2H3. The van der Waals surface area contributed by atoms with E-state index in [9.17, 15) is 0 Å². The average Bonchev–Trinajstić information content (AvgIpc) is 2.03. The Kier molecular flexibility index (Phi) is 3.51. The molecule has 1 atom stereocenters. The van der Waals surface area contributed by atoms with Crippen LogP contribution in [-0.4, -0.2) is 24.6 Å². The summed E-state index contributed by atoms with van der Waals surface area (Å²) < 4.78 is 0. The molecule has 0 bridgehead atoms. The maximum Gasteiger partial charge on any atom is 0.147 e. The molecule has 0 aliphatic rings. The molecule has 0 aromatic carbocycles. The van der Waals surface area contributed by atoms with Crippen molar-refractivity contribution in [2.24, 2.45) is 5.73 Å². The predicted octanol–water partition coefficient (Wildman–Crippen LogP) is 1.52. The Morgan fingerprint density at radius 1 is 1.69 bits per heavy atom. The van der Waals surface area contributed by atoms with Crippen molar-refractivity contribution in [3.8, 4) is 0 Å². The maximum absolute atomic E-state index is 5.96. The molecule has 0 amide bonds. The number of nitrogens with two attached hydrogens (primary N) is 1. The van der Waals surface area contributed by atoms with Gasteiger partial charge in [0.2, 0.25) is 0 Å². The van der Waals surface area contributed by atoms with E-state index in [2.05, 4.69) is 4.98 Å². The zero-order chi connectivity index (χ0) is 9.84. The summed E-state index contributed by atoms with van der Waals surface area (Å²) in [6, 6.07) is 3.75. The van der Waals surface area contributed by atoms with Gasteiger partial charge in [-0.05, 0) is 19.1 Å². The first kappa shape index (κ1) is 10.3. The molecule has 0 fully saturated rings. The van der Waals surface area contributed by atoms with Crippen molar-refractivity contribution in [3.63, 3.8) is 0 Å². The molecule has 0 saturated carbocycles. The summed E-state index contributed by atoms with van der Waals surface area (Å²) in [6.07, 6.45) is 1.72. The van der Waals surface area contributed by atoms with Gasteiger partial charge in [-0.2, -0.15) is 0 Å². The van der Waals surface area contributed by atoms with Crippen LogP contribution in [0.1, 0.15) is 6.92 Å². The maximum atomic E-state index is 5.96. The number of aromatic nitrogens is 1. The molecule has 0 radical (unpaired) electrons. The van der Waals surface area contributed by atoms with E-state index in [1.807, 2.05) is 31.0 Å². The van der Waals surface area contributed by atoms with Crippen molar-refractivity contribution in [3.05, 3.63) is 23.4 Å². The van der Waals surface area contributed by atoms with E-state index in [4.69, 9.17) is 17.3 Å². The summed E-state index contributed by atoms with van der Waals surface area (Å²) in [5, 5.41) is 0.658. The molecule has 0 aliphatic heterocycles. The van der Waals surface area contributed by atoms with Crippen molar-refractivity contribution in [1.82, 2.24) is 4.98 Å². The van der Waals surface area contributed by atoms with Crippen molar-refractivity contribution in [2.75, 3.05) is 18.5 Å². The molecule has 0 saturated heterocycles. The lowest BCUT2D eigenvalue weighted by Crippen LogP contribution is -2.33. The van der Waals surface area contributed by atoms with Gasteiger partial charge in [-0.15, -0.1) is 0 Å². The van der Waals surface area contributed by atoms with Gasteiger partial charge < -0.3 is 10.6 Å². The molecule has 0 aliphatic carbocycles. The Labute approximate surface area is 83.5 Å². The van der Waals surface area contributed by atoms with Crippen LogP contribution in [-0.2, 0) is 0 Å². The summed E-state index contributed by atoms with van der Waals surface area (Å²) in [6.45, 7) is 2.70. The largest absolute Gasteiger partial charge is 0.357 e. The Morgan fingerprint density at radius 3 is 2.92 bits per heavy atom. The Balaban J connectivity index is 2.76. The van der Waals surface area contributed by atoms with Gasteiger partial charge in [0.05, 0.1) is 5.02 Å². The minimum absolute atomic E-state index is 0.114. The second-order valence-electron chi connectivity index (χ2n) is 3.17. The minimum Gasteiger partial charge on any atom is -0.357 e. The third kappa shape index (κ3) is 2.86. The average molecular weight is 200 g/mol. The van der Waals surface area contributed by atoms with Gasteiger partial charge >= 0.3 is 0 Å². The number of rotatable bonds is 3. The molecule has 1 aromatic rings. The fraction of sp³-hybridized carbons (Fsp3) is 0.444. The van der Waals surface area contributed by atoms with Gasteiger partial charge in [0.15, 0.2) is 0 Å². The van der Waals surface area contributed by atoms with Gasteiger partial charge in [0.1, 0.15) is 5.82 Å². The zero-order valence-corrected chi connectivity index (χ0v) is 8.62. The van der Waals surface area contributed by atoms with E-state index in [1.54, 1.807) is 6.20 Å². The zero-order valence-electron chi connectivity index (χ0n) is 7.87. The Hall–Kier alpha value is -0.800. The Bertz CT molecular complexity index is 275. The highest BCUT2D eigenvalue weighted by Gasteiger charge is 2.07. The molecule has 3 nitrogen and oxygen atoms in total. The minimum atomic E-state index is 0.114. The van der Waals surface area contributed by atoms with Crippen LogP contribution in [0.5, 0.6) is 0 Å². The first-order valence-electron chi connectivity index (χ1n) is 4.18. The molecule has 1 rings (SSSR count). The van der Waals surface area contributed by atoms with Crippen LogP contribution in [0.25, 0.3) is 0 Å². The molecular formula is C9H14ClN3. The number of halogens is 1. The fourth-order valence-electron chi connectivity index (χ4n) is 1.18. The van der Waals surface area contributed by atoms with E-state index in [0.29, 0.717) is 5.02 Å². The first-order chi connectivity index (χ1) is 6.11. The predicted molar refractivity (Wildman–Crippen MR) is 56.2 cm³/mol. The molecule has 13 heavy (non-hydrogen) atoms. The summed E-state index contributed by atoms with van der Waals surface area (Å²) in [5.41, 5.74) is 5.67. The highest BCUT2D eigenvalue weighted by molar-refractivity contribution is 6.32. The summed E-state index contributed by atoms with van der Waals surface area (Å²) >= 11 is 5.96. The molecule has 1 unspecified atom stereocenters. The van der Waals surface area contributed by atoms with Crippen LogP contribution in [0.3, 0.4) is 0 Å². The second kappa shape index (κ2) is 4.44. The summed E-state index contributed by atoms with van der Waals surface area (Å²) in [7, 11) is 1.93. The second-order valence-corrected chi connectivity index (χ2v) is 3.57. The van der Waals surface area contributed by atoms with E-state index in [0.717, 1.165) is 12.4 Å². The van der Waals surface area contributed by atoms with Crippen LogP contribution in [0, 0.1) is 0 Å². The lowest BCUT2D eigenvalue weighted by Gasteiger charge is -2.20. The molecule has 2 N–H and O–H groups in total. The molecule has 1 aromatic heterocycles. The van der Waals surface area contributed by atoms with Crippen molar-refractivity contribution < 1.29 is 0 Å². The Morgan fingerprint density at radius 2 is 2.38 bits per heavy atom. The highest BCUT2D eigenvalue weighted by atomic mass is 35.5. The lowest BCUT2D eigenvalue weighted by atomic mass is 10.3. The number of anilines is 1.